The number of allylic oxidation sites excluding steroid dienone is 6. The Morgan fingerprint density at radius 1 is 1.21 bits per heavy atom. The highest BCUT2D eigenvalue weighted by molar-refractivity contribution is 6.00. The molecule has 0 aromatic heterocycles. The number of nitrogens with zero attached hydrogens (tertiary/aromatic N) is 3. The molecule has 1 fully saturated rings. The molecule has 1 amide bonds. The summed E-state index contributed by atoms with van der Waals surface area (Å²) < 4.78 is 0. The summed E-state index contributed by atoms with van der Waals surface area (Å²) >= 11 is 0. The standard InChI is InChI=1S/C21H23N5O3/c27-21(22-24-29)19-16-18(23-28)9-10-20(19)26-14-12-25(13-15-26)11-5-8-17-6-3-1-2-4-7-17/h1-6,8-10,16,23,28H,11-15H2,(H,22,27,29)/b8-5+. The first-order valence-corrected chi connectivity index (χ1v) is 9.32. The summed E-state index contributed by atoms with van der Waals surface area (Å²) in [4.78, 5) is 27.0. The van der Waals surface area contributed by atoms with Crippen LogP contribution in [0.4, 0.5) is 11.4 Å². The zero-order chi connectivity index (χ0) is 20.5. The Balaban J connectivity index is 1.61. The van der Waals surface area contributed by atoms with Crippen LogP contribution in [-0.2, 0) is 0 Å². The van der Waals surface area contributed by atoms with Crippen molar-refractivity contribution >= 4 is 17.3 Å². The number of carbonyl (C=O) groups is 1. The number of benzene rings is 1. The molecule has 2 aliphatic rings. The number of nitroso groups, excluding NO2 is 1. The Labute approximate surface area is 169 Å². The second-order valence-electron chi connectivity index (χ2n) is 6.58. The lowest BCUT2D eigenvalue weighted by Gasteiger charge is -2.36. The molecule has 0 unspecified atom stereocenters. The van der Waals surface area contributed by atoms with Gasteiger partial charge in [0, 0.05) is 44.0 Å². The maximum Gasteiger partial charge on any atom is 0.276 e. The highest BCUT2D eigenvalue weighted by atomic mass is 16.5. The van der Waals surface area contributed by atoms with Crippen LogP contribution in [0.25, 0.3) is 0 Å². The molecule has 0 atom stereocenters. The highest BCUT2D eigenvalue weighted by Gasteiger charge is 2.21. The number of hydrogen-bond donors (Lipinski definition) is 3. The molecule has 0 saturated carbocycles. The maximum atomic E-state index is 12.2. The third-order valence-corrected chi connectivity index (χ3v) is 4.74. The maximum absolute atomic E-state index is 12.2. The first-order chi connectivity index (χ1) is 14.2. The average Bonchev–Trinajstić information content (AvgIpc) is 3.03. The summed E-state index contributed by atoms with van der Waals surface area (Å²) in [6.07, 6.45) is 14.0. The van der Waals surface area contributed by atoms with Gasteiger partial charge >= 0.3 is 0 Å². The lowest BCUT2D eigenvalue weighted by Crippen LogP contribution is -2.47. The van der Waals surface area contributed by atoms with Crippen LogP contribution < -0.4 is 15.8 Å². The lowest BCUT2D eigenvalue weighted by molar-refractivity contribution is 0.0954. The molecule has 3 rings (SSSR count). The van der Waals surface area contributed by atoms with Crippen molar-refractivity contribution in [3.8, 4) is 0 Å². The van der Waals surface area contributed by atoms with Gasteiger partial charge < -0.3 is 4.90 Å². The van der Waals surface area contributed by atoms with Crippen LogP contribution in [0.3, 0.4) is 0 Å². The Morgan fingerprint density at radius 3 is 2.79 bits per heavy atom. The van der Waals surface area contributed by atoms with E-state index in [1.165, 1.54) is 6.07 Å². The zero-order valence-corrected chi connectivity index (χ0v) is 15.9. The van der Waals surface area contributed by atoms with E-state index in [-0.39, 0.29) is 5.56 Å². The Kier molecular flexibility index (Phi) is 7.13. The van der Waals surface area contributed by atoms with E-state index in [0.29, 0.717) is 11.4 Å². The largest absolute Gasteiger partial charge is 0.368 e. The summed E-state index contributed by atoms with van der Waals surface area (Å²) in [6, 6.07) is 4.91. The minimum absolute atomic E-state index is 0.282. The van der Waals surface area contributed by atoms with Gasteiger partial charge in [0.1, 0.15) is 0 Å². The zero-order valence-electron chi connectivity index (χ0n) is 15.9. The van der Waals surface area contributed by atoms with Crippen LogP contribution in [0.15, 0.2) is 77.3 Å². The predicted octanol–water partition coefficient (Wildman–Crippen LogP) is 2.78. The number of carbonyl (C=O) groups excluding carboxylic acids is 1. The Hall–Kier alpha value is -3.45. The van der Waals surface area contributed by atoms with Gasteiger partial charge in [0.05, 0.1) is 16.5 Å². The lowest BCUT2D eigenvalue weighted by atomic mass is 10.1. The summed E-state index contributed by atoms with van der Waals surface area (Å²) in [5, 5.41) is 11.6. The average molecular weight is 393 g/mol. The Morgan fingerprint density at radius 2 is 2.03 bits per heavy atom. The number of anilines is 2. The van der Waals surface area contributed by atoms with Gasteiger partial charge in [0.2, 0.25) is 0 Å². The molecule has 0 bridgehead atoms. The molecular formula is C21H23N5O3. The van der Waals surface area contributed by atoms with E-state index in [1.807, 2.05) is 41.3 Å². The summed E-state index contributed by atoms with van der Waals surface area (Å²) in [5.74, 6) is -0.607. The van der Waals surface area contributed by atoms with Crippen molar-refractivity contribution in [1.82, 2.24) is 10.3 Å². The molecule has 1 aliphatic heterocycles. The second-order valence-corrected chi connectivity index (χ2v) is 6.58. The molecule has 29 heavy (non-hydrogen) atoms. The van der Waals surface area contributed by atoms with Gasteiger partial charge in [-0.05, 0) is 36.4 Å². The first kappa shape index (κ1) is 20.3. The van der Waals surface area contributed by atoms with Crippen molar-refractivity contribution < 1.29 is 10.0 Å². The second kappa shape index (κ2) is 10.2. The van der Waals surface area contributed by atoms with Crippen LogP contribution in [0.5, 0.6) is 0 Å². The van der Waals surface area contributed by atoms with Crippen molar-refractivity contribution in [2.24, 2.45) is 5.29 Å². The summed E-state index contributed by atoms with van der Waals surface area (Å²) in [5.41, 5.74) is 9.51. The molecule has 0 radical (unpaired) electrons. The smallest absolute Gasteiger partial charge is 0.276 e. The van der Waals surface area contributed by atoms with Gasteiger partial charge in [0.15, 0.2) is 0 Å². The predicted molar refractivity (Wildman–Crippen MR) is 113 cm³/mol. The molecule has 1 aliphatic carbocycles. The molecular weight excluding hydrogens is 370 g/mol. The molecule has 1 aromatic rings. The van der Waals surface area contributed by atoms with Crippen LogP contribution in [-0.4, -0.2) is 48.7 Å². The van der Waals surface area contributed by atoms with Crippen LogP contribution in [0, 0.1) is 4.91 Å². The van der Waals surface area contributed by atoms with Gasteiger partial charge in [-0.25, -0.2) is 5.43 Å². The van der Waals surface area contributed by atoms with Crippen LogP contribution in [0.2, 0.25) is 0 Å². The van der Waals surface area contributed by atoms with Crippen molar-refractivity contribution in [3.63, 3.8) is 0 Å². The van der Waals surface area contributed by atoms with E-state index in [1.54, 1.807) is 12.1 Å². The number of piperazine rings is 1. The van der Waals surface area contributed by atoms with E-state index in [0.717, 1.165) is 38.3 Å². The van der Waals surface area contributed by atoms with Crippen molar-refractivity contribution in [3.05, 3.63) is 82.5 Å². The summed E-state index contributed by atoms with van der Waals surface area (Å²) in [7, 11) is 0. The fraction of sp³-hybridized carbons (Fsp3) is 0.238. The molecule has 150 valence electrons. The molecule has 1 aromatic carbocycles. The van der Waals surface area contributed by atoms with Crippen molar-refractivity contribution in [2.75, 3.05) is 43.1 Å². The van der Waals surface area contributed by atoms with E-state index in [2.05, 4.69) is 33.0 Å². The van der Waals surface area contributed by atoms with Crippen LogP contribution in [0.1, 0.15) is 10.4 Å². The van der Waals surface area contributed by atoms with Gasteiger partial charge in [0.25, 0.3) is 5.91 Å². The minimum Gasteiger partial charge on any atom is -0.368 e. The normalized spacial score (nSPS) is 16.6. The molecule has 3 N–H and O–H groups in total. The number of rotatable bonds is 7. The fourth-order valence-corrected chi connectivity index (χ4v) is 3.24. The third kappa shape index (κ3) is 5.52. The van der Waals surface area contributed by atoms with Crippen LogP contribution >= 0.6 is 0 Å². The van der Waals surface area contributed by atoms with E-state index in [4.69, 9.17) is 5.21 Å². The van der Waals surface area contributed by atoms with E-state index >= 15 is 0 Å². The van der Waals surface area contributed by atoms with Gasteiger partial charge in [-0.15, -0.1) is 10.6 Å². The monoisotopic (exact) mass is 393 g/mol. The van der Waals surface area contributed by atoms with Crippen molar-refractivity contribution in [2.45, 2.75) is 0 Å². The third-order valence-electron chi connectivity index (χ3n) is 4.74. The van der Waals surface area contributed by atoms with Gasteiger partial charge in [-0.3, -0.25) is 20.4 Å². The molecule has 1 heterocycles. The number of hydrogen-bond acceptors (Lipinski definition) is 7. The highest BCUT2D eigenvalue weighted by Crippen LogP contribution is 2.25. The summed E-state index contributed by atoms with van der Waals surface area (Å²) in [6.45, 7) is 3.98. The number of amides is 1. The van der Waals surface area contributed by atoms with Gasteiger partial charge in [-0.1, -0.05) is 24.3 Å². The fourth-order valence-electron chi connectivity index (χ4n) is 3.24. The van der Waals surface area contributed by atoms with E-state index < -0.39 is 5.91 Å². The van der Waals surface area contributed by atoms with Gasteiger partial charge in [-0.2, -0.15) is 0 Å². The topological polar surface area (TPSA) is 97.3 Å². The Bertz CT molecular complexity index is 905. The number of nitrogens with one attached hydrogen (secondary N) is 2. The molecule has 8 heteroatoms. The molecule has 1 saturated heterocycles. The SMILES string of the molecule is O=NNC(=O)c1cc(NO)ccc1N1CCN(C/C=C/C2=C=CC=CC=C2)CC1. The quantitative estimate of drug-likeness (QED) is 0.374. The molecule has 8 nitrogen and oxygen atoms in total. The van der Waals surface area contributed by atoms with E-state index in [9.17, 15) is 9.70 Å². The first-order valence-electron chi connectivity index (χ1n) is 9.32. The van der Waals surface area contributed by atoms with Crippen molar-refractivity contribution in [1.29, 1.82) is 0 Å². The molecule has 0 spiro atoms. The minimum atomic E-state index is -0.607.